The summed E-state index contributed by atoms with van der Waals surface area (Å²) >= 11 is 0. The van der Waals surface area contributed by atoms with Crippen molar-refractivity contribution in [1.29, 1.82) is 5.41 Å². The monoisotopic (exact) mass is 495 g/mol. The number of rotatable bonds is 5. The van der Waals surface area contributed by atoms with E-state index in [1.807, 2.05) is 25.8 Å². The van der Waals surface area contributed by atoms with Crippen LogP contribution in [0.3, 0.4) is 0 Å². The number of carbonyl (C=O) groups excluding carboxylic acids is 2. The lowest BCUT2D eigenvalue weighted by molar-refractivity contribution is 0.102. The summed E-state index contributed by atoms with van der Waals surface area (Å²) in [4.78, 5) is 33.9. The summed E-state index contributed by atoms with van der Waals surface area (Å²) in [5, 5.41) is 12.1. The lowest BCUT2D eigenvalue weighted by Gasteiger charge is -2.35. The van der Waals surface area contributed by atoms with E-state index in [2.05, 4.69) is 10.3 Å². The summed E-state index contributed by atoms with van der Waals surface area (Å²) in [6, 6.07) is 7.89. The molecule has 2 heterocycles. The number of nitrogens with zero attached hydrogens (tertiary/aromatic N) is 4. The molecule has 0 unspecified atom stereocenters. The maximum absolute atomic E-state index is 14.9. The molecule has 0 radical (unpaired) electrons. The van der Waals surface area contributed by atoms with Crippen molar-refractivity contribution in [3.8, 4) is 0 Å². The SMILES string of the molecule is CC(C)N(N)C(=N)c1cccc(NC(=O)c2cc3c(cc2F)CCN(C(=O)N(C)C2CCCC2)C3)n1. The van der Waals surface area contributed by atoms with E-state index in [1.165, 1.54) is 17.1 Å². The number of aromatic nitrogens is 1. The quantitative estimate of drug-likeness (QED) is 0.253. The van der Waals surface area contributed by atoms with Crippen molar-refractivity contribution in [1.82, 2.24) is 19.8 Å². The van der Waals surface area contributed by atoms with Crippen LogP contribution in [0.15, 0.2) is 30.3 Å². The summed E-state index contributed by atoms with van der Waals surface area (Å²) < 4.78 is 14.9. The van der Waals surface area contributed by atoms with Gasteiger partial charge in [0.2, 0.25) is 0 Å². The molecule has 10 heteroatoms. The zero-order chi connectivity index (χ0) is 26.0. The van der Waals surface area contributed by atoms with Crippen molar-refractivity contribution in [3.05, 3.63) is 58.5 Å². The standard InChI is InChI=1S/C26H34FN7O2/c1-16(2)34(29)24(28)22-9-6-10-23(30-22)31-25(35)20-13-18-15-33(12-11-17(18)14-21(20)27)26(36)32(3)19-7-4-5-8-19/h6,9-10,13-14,16,19,28H,4-5,7-8,11-12,15,29H2,1-3H3,(H,30,31,35). The first-order valence-corrected chi connectivity index (χ1v) is 12.4. The van der Waals surface area contributed by atoms with Crippen LogP contribution in [0.1, 0.15) is 66.7 Å². The summed E-state index contributed by atoms with van der Waals surface area (Å²) in [6.07, 6.45) is 4.87. The molecular formula is C26H34FN7O2. The molecule has 1 aliphatic heterocycles. The third-order valence-corrected chi connectivity index (χ3v) is 7.04. The normalized spacial score (nSPS) is 15.6. The van der Waals surface area contributed by atoms with Crippen molar-refractivity contribution in [3.63, 3.8) is 0 Å². The number of hydrazine groups is 1. The average molecular weight is 496 g/mol. The Morgan fingerprint density at radius 1 is 1.22 bits per heavy atom. The molecule has 3 amide bonds. The Bertz CT molecular complexity index is 1160. The van der Waals surface area contributed by atoms with E-state index in [0.717, 1.165) is 36.8 Å². The number of nitrogens with one attached hydrogen (secondary N) is 2. The van der Waals surface area contributed by atoms with Gasteiger partial charge in [-0.2, -0.15) is 0 Å². The number of hydrogen-bond acceptors (Lipinski definition) is 5. The average Bonchev–Trinajstić information content (AvgIpc) is 3.41. The second-order valence-corrected chi connectivity index (χ2v) is 9.82. The molecule has 36 heavy (non-hydrogen) atoms. The van der Waals surface area contributed by atoms with Gasteiger partial charge in [-0.15, -0.1) is 0 Å². The van der Waals surface area contributed by atoms with Crippen LogP contribution in [0.4, 0.5) is 15.0 Å². The summed E-state index contributed by atoms with van der Waals surface area (Å²) in [5.74, 6) is 4.83. The number of pyridine rings is 1. The van der Waals surface area contributed by atoms with Crippen molar-refractivity contribution in [2.45, 2.75) is 64.6 Å². The van der Waals surface area contributed by atoms with Gasteiger partial charge in [0.25, 0.3) is 5.91 Å². The molecule has 1 saturated carbocycles. The number of nitrogens with two attached hydrogens (primary N) is 1. The van der Waals surface area contributed by atoms with Crippen molar-refractivity contribution < 1.29 is 14.0 Å². The summed E-state index contributed by atoms with van der Waals surface area (Å²) in [7, 11) is 1.85. The lowest BCUT2D eigenvalue weighted by Crippen LogP contribution is -2.47. The topological polar surface area (TPSA) is 119 Å². The largest absolute Gasteiger partial charge is 0.325 e. The molecule has 192 valence electrons. The molecule has 1 aromatic carbocycles. The number of amidine groups is 1. The fourth-order valence-corrected chi connectivity index (χ4v) is 4.80. The van der Waals surface area contributed by atoms with Gasteiger partial charge < -0.3 is 15.1 Å². The second kappa shape index (κ2) is 10.6. The molecule has 1 aromatic heterocycles. The second-order valence-electron chi connectivity index (χ2n) is 9.82. The predicted molar refractivity (Wildman–Crippen MR) is 136 cm³/mol. The minimum absolute atomic E-state index is 0.00777. The van der Waals surface area contributed by atoms with Crippen molar-refractivity contribution in [2.75, 3.05) is 18.9 Å². The van der Waals surface area contributed by atoms with E-state index in [9.17, 15) is 14.0 Å². The number of fused-ring (bicyclic) bond motifs is 1. The van der Waals surface area contributed by atoms with Crippen molar-refractivity contribution >= 4 is 23.6 Å². The first kappa shape index (κ1) is 25.6. The van der Waals surface area contributed by atoms with Crippen LogP contribution in [0, 0.1) is 11.2 Å². The Labute approximate surface area is 210 Å². The van der Waals surface area contributed by atoms with E-state index < -0.39 is 11.7 Å². The fourth-order valence-electron chi connectivity index (χ4n) is 4.80. The molecule has 2 aromatic rings. The van der Waals surface area contributed by atoms with Gasteiger partial charge in [-0.05, 0) is 68.5 Å². The highest BCUT2D eigenvalue weighted by atomic mass is 19.1. The van der Waals surface area contributed by atoms with Crippen LogP contribution in [-0.4, -0.2) is 63.2 Å². The zero-order valence-corrected chi connectivity index (χ0v) is 21.1. The molecular weight excluding hydrogens is 461 g/mol. The summed E-state index contributed by atoms with van der Waals surface area (Å²) in [6.45, 7) is 4.55. The molecule has 0 saturated heterocycles. The maximum atomic E-state index is 14.9. The van der Waals surface area contributed by atoms with Gasteiger partial charge in [0.05, 0.1) is 5.56 Å². The summed E-state index contributed by atoms with van der Waals surface area (Å²) in [5.41, 5.74) is 1.75. The Morgan fingerprint density at radius 2 is 1.94 bits per heavy atom. The van der Waals surface area contributed by atoms with E-state index in [0.29, 0.717) is 19.5 Å². The fraction of sp³-hybridized carbons (Fsp3) is 0.462. The van der Waals surface area contributed by atoms with E-state index in [4.69, 9.17) is 11.3 Å². The number of urea groups is 1. The van der Waals surface area contributed by atoms with Gasteiger partial charge in [0.1, 0.15) is 17.3 Å². The third kappa shape index (κ3) is 5.33. The Kier molecular flexibility index (Phi) is 7.53. The molecule has 2 aliphatic rings. The molecule has 4 N–H and O–H groups in total. The highest BCUT2D eigenvalue weighted by Gasteiger charge is 2.30. The van der Waals surface area contributed by atoms with Gasteiger partial charge in [0, 0.05) is 32.2 Å². The van der Waals surface area contributed by atoms with Gasteiger partial charge in [0.15, 0.2) is 5.84 Å². The maximum Gasteiger partial charge on any atom is 0.320 e. The van der Waals surface area contributed by atoms with Gasteiger partial charge in [-0.1, -0.05) is 18.9 Å². The number of amides is 3. The minimum Gasteiger partial charge on any atom is -0.325 e. The Hall–Kier alpha value is -3.53. The number of benzene rings is 1. The Balaban J connectivity index is 1.49. The van der Waals surface area contributed by atoms with Crippen LogP contribution >= 0.6 is 0 Å². The number of anilines is 1. The highest BCUT2D eigenvalue weighted by molar-refractivity contribution is 6.04. The molecule has 0 spiro atoms. The molecule has 9 nitrogen and oxygen atoms in total. The first-order chi connectivity index (χ1) is 17.2. The van der Waals surface area contributed by atoms with Crippen LogP contribution in [0.25, 0.3) is 0 Å². The van der Waals surface area contributed by atoms with Gasteiger partial charge in [-0.25, -0.2) is 20.0 Å². The number of halogens is 1. The smallest absolute Gasteiger partial charge is 0.320 e. The lowest BCUT2D eigenvalue weighted by atomic mass is 9.96. The minimum atomic E-state index is -0.647. The predicted octanol–water partition coefficient (Wildman–Crippen LogP) is 3.73. The Morgan fingerprint density at radius 3 is 2.64 bits per heavy atom. The molecule has 1 aliphatic carbocycles. The van der Waals surface area contributed by atoms with Gasteiger partial charge >= 0.3 is 6.03 Å². The van der Waals surface area contributed by atoms with E-state index in [1.54, 1.807) is 23.1 Å². The van der Waals surface area contributed by atoms with Crippen molar-refractivity contribution in [2.24, 2.45) is 5.84 Å². The van der Waals surface area contributed by atoms with E-state index >= 15 is 0 Å². The number of carbonyl (C=O) groups is 2. The molecule has 0 bridgehead atoms. The van der Waals surface area contributed by atoms with Crippen LogP contribution in [0.2, 0.25) is 0 Å². The molecule has 0 atom stereocenters. The first-order valence-electron chi connectivity index (χ1n) is 12.4. The van der Waals surface area contributed by atoms with Crippen LogP contribution in [-0.2, 0) is 13.0 Å². The molecule has 4 rings (SSSR count). The van der Waals surface area contributed by atoms with Crippen LogP contribution < -0.4 is 11.2 Å². The third-order valence-electron chi connectivity index (χ3n) is 7.04. The number of hydrogen-bond donors (Lipinski definition) is 3. The van der Waals surface area contributed by atoms with Gasteiger partial charge in [-0.3, -0.25) is 15.2 Å². The molecule has 1 fully saturated rings. The van der Waals surface area contributed by atoms with E-state index in [-0.39, 0.29) is 41.0 Å². The zero-order valence-electron chi connectivity index (χ0n) is 21.1. The van der Waals surface area contributed by atoms with Crippen LogP contribution in [0.5, 0.6) is 0 Å². The highest BCUT2D eigenvalue weighted by Crippen LogP contribution is 2.27.